The highest BCUT2D eigenvalue weighted by Crippen LogP contribution is 2.57. The summed E-state index contributed by atoms with van der Waals surface area (Å²) in [5.74, 6) is 0. The predicted octanol–water partition coefficient (Wildman–Crippen LogP) is 12.2. The maximum Gasteiger partial charge on any atom is 0.0713 e. The molecule has 1 aliphatic heterocycles. The Hall–Kier alpha value is -5.37. The Morgan fingerprint density at radius 1 is 0.370 bits per heavy atom. The van der Waals surface area contributed by atoms with Crippen LogP contribution in [0, 0.1) is 0 Å². The summed E-state index contributed by atoms with van der Waals surface area (Å²) < 4.78 is 0. The van der Waals surface area contributed by atoms with Crippen LogP contribution in [0.1, 0.15) is 22.3 Å². The summed E-state index contributed by atoms with van der Waals surface area (Å²) in [6.07, 6.45) is 0. The van der Waals surface area contributed by atoms with E-state index < -0.39 is 5.41 Å². The zero-order valence-corrected chi connectivity index (χ0v) is 25.9. The number of benzene rings is 8. The molecule has 1 unspecified atom stereocenters. The predicted molar refractivity (Wildman–Crippen MR) is 194 cm³/mol. The Bertz CT molecular complexity index is 2490. The topological polar surface area (TPSA) is 0 Å². The molecule has 8 aromatic carbocycles. The Balaban J connectivity index is 1.23. The lowest BCUT2D eigenvalue weighted by Gasteiger charge is -2.34. The molecule has 1 heterocycles. The molecule has 0 amide bonds. The molecule has 10 rings (SSSR count). The molecule has 0 aromatic heterocycles. The first-order chi connectivity index (χ1) is 22.8. The Kier molecular flexibility index (Phi) is 5.53. The van der Waals surface area contributed by atoms with E-state index in [1.807, 2.05) is 11.8 Å². The van der Waals surface area contributed by atoms with Crippen LogP contribution in [0.25, 0.3) is 54.9 Å². The molecule has 0 N–H and O–H groups in total. The van der Waals surface area contributed by atoms with Crippen molar-refractivity contribution in [3.8, 4) is 33.4 Å². The zero-order chi connectivity index (χ0) is 30.2. The van der Waals surface area contributed by atoms with Gasteiger partial charge in [0, 0.05) is 15.2 Å². The standard InChI is InChI=1S/C45H28S/c1-2-14-33(15-3-1)45(39-18-8-6-16-36(39)38-27-31-11-4-5-12-32(31)28-40(38)45)34-24-21-29(22-25-34)35-26-23-30-13-10-20-42-43(30)44(35)37-17-7-9-19-41(37)46-42/h1-28H. The average Bonchev–Trinajstić information content (AvgIpc) is 3.41. The number of hydrogen-bond donors (Lipinski definition) is 0. The summed E-state index contributed by atoms with van der Waals surface area (Å²) >= 11 is 1.88. The SMILES string of the molecule is c1ccc(C2(c3ccc(-c4ccc5cccc6c5c4-c4ccccc4S6)cc3)c3ccccc3-c3cc4ccccc4cc32)cc1. The molecule has 1 atom stereocenters. The van der Waals surface area contributed by atoms with Crippen LogP contribution in [0.3, 0.4) is 0 Å². The van der Waals surface area contributed by atoms with Gasteiger partial charge in [-0.3, -0.25) is 0 Å². The second-order valence-electron chi connectivity index (χ2n) is 12.4. The molecule has 1 heteroatoms. The maximum absolute atomic E-state index is 2.44. The summed E-state index contributed by atoms with van der Waals surface area (Å²) in [5, 5.41) is 5.20. The molecule has 0 spiro atoms. The molecule has 0 saturated carbocycles. The van der Waals surface area contributed by atoms with Crippen molar-refractivity contribution in [3.05, 3.63) is 192 Å². The van der Waals surface area contributed by atoms with Gasteiger partial charge in [0.25, 0.3) is 0 Å². The Labute approximate surface area is 273 Å². The lowest BCUT2D eigenvalue weighted by Crippen LogP contribution is -2.28. The van der Waals surface area contributed by atoms with Crippen LogP contribution in [-0.2, 0) is 5.41 Å². The molecular formula is C45H28S. The van der Waals surface area contributed by atoms with Gasteiger partial charge >= 0.3 is 0 Å². The molecule has 1 aliphatic carbocycles. The fourth-order valence-electron chi connectivity index (χ4n) is 8.17. The lowest BCUT2D eigenvalue weighted by atomic mass is 9.67. The van der Waals surface area contributed by atoms with E-state index >= 15 is 0 Å². The van der Waals surface area contributed by atoms with Crippen LogP contribution < -0.4 is 0 Å². The molecule has 2 aliphatic rings. The fraction of sp³-hybridized carbons (Fsp3) is 0.0222. The average molecular weight is 601 g/mol. The van der Waals surface area contributed by atoms with E-state index in [0.717, 1.165) is 0 Å². The number of rotatable bonds is 3. The third kappa shape index (κ3) is 3.52. The summed E-state index contributed by atoms with van der Waals surface area (Å²) in [7, 11) is 0. The second kappa shape index (κ2) is 9.81. The van der Waals surface area contributed by atoms with Gasteiger partial charge in [0.05, 0.1) is 5.41 Å². The van der Waals surface area contributed by atoms with Gasteiger partial charge in [-0.15, -0.1) is 0 Å². The summed E-state index contributed by atoms with van der Waals surface area (Å²) in [5.41, 5.74) is 12.7. The van der Waals surface area contributed by atoms with Crippen LogP contribution in [-0.4, -0.2) is 0 Å². The van der Waals surface area contributed by atoms with Crippen molar-refractivity contribution in [1.29, 1.82) is 0 Å². The lowest BCUT2D eigenvalue weighted by molar-refractivity contribution is 0.770. The van der Waals surface area contributed by atoms with Gasteiger partial charge in [-0.1, -0.05) is 157 Å². The number of fused-ring (bicyclic) bond motifs is 6. The minimum atomic E-state index is -0.427. The van der Waals surface area contributed by atoms with Gasteiger partial charge in [0.15, 0.2) is 0 Å². The normalized spacial score (nSPS) is 15.8. The smallest absolute Gasteiger partial charge is 0.0713 e. The van der Waals surface area contributed by atoms with E-state index in [4.69, 9.17) is 0 Å². The molecule has 46 heavy (non-hydrogen) atoms. The Morgan fingerprint density at radius 3 is 1.87 bits per heavy atom. The van der Waals surface area contributed by atoms with Crippen molar-refractivity contribution in [2.45, 2.75) is 15.2 Å². The van der Waals surface area contributed by atoms with Crippen molar-refractivity contribution in [2.24, 2.45) is 0 Å². The van der Waals surface area contributed by atoms with E-state index in [1.54, 1.807) is 0 Å². The summed E-state index contributed by atoms with van der Waals surface area (Å²) in [4.78, 5) is 2.65. The molecule has 8 aromatic rings. The quantitative estimate of drug-likeness (QED) is 0.194. The van der Waals surface area contributed by atoms with Crippen LogP contribution in [0.2, 0.25) is 0 Å². The molecule has 214 valence electrons. The van der Waals surface area contributed by atoms with Gasteiger partial charge < -0.3 is 0 Å². The molecular weight excluding hydrogens is 573 g/mol. The third-order valence-electron chi connectivity index (χ3n) is 10.1. The summed E-state index contributed by atoms with van der Waals surface area (Å²) in [6, 6.07) is 63.3. The molecule has 0 fully saturated rings. The van der Waals surface area contributed by atoms with E-state index in [1.165, 1.54) is 87.0 Å². The van der Waals surface area contributed by atoms with Crippen LogP contribution in [0.15, 0.2) is 180 Å². The Morgan fingerprint density at radius 2 is 1.02 bits per heavy atom. The highest BCUT2D eigenvalue weighted by molar-refractivity contribution is 7.99. The zero-order valence-electron chi connectivity index (χ0n) is 25.1. The van der Waals surface area contributed by atoms with Crippen molar-refractivity contribution in [2.75, 3.05) is 0 Å². The highest BCUT2D eigenvalue weighted by Gasteiger charge is 2.46. The van der Waals surface area contributed by atoms with E-state index in [-0.39, 0.29) is 0 Å². The molecule has 0 bridgehead atoms. The van der Waals surface area contributed by atoms with Gasteiger partial charge in [-0.25, -0.2) is 0 Å². The van der Waals surface area contributed by atoms with Crippen molar-refractivity contribution in [3.63, 3.8) is 0 Å². The van der Waals surface area contributed by atoms with Crippen molar-refractivity contribution >= 4 is 33.3 Å². The van der Waals surface area contributed by atoms with Crippen molar-refractivity contribution in [1.82, 2.24) is 0 Å². The van der Waals surface area contributed by atoms with Gasteiger partial charge in [0.1, 0.15) is 0 Å². The van der Waals surface area contributed by atoms with Crippen LogP contribution in [0.4, 0.5) is 0 Å². The first-order valence-electron chi connectivity index (χ1n) is 15.9. The van der Waals surface area contributed by atoms with Crippen LogP contribution >= 0.6 is 11.8 Å². The summed E-state index contributed by atoms with van der Waals surface area (Å²) in [6.45, 7) is 0. The fourth-order valence-corrected chi connectivity index (χ4v) is 9.30. The highest BCUT2D eigenvalue weighted by atomic mass is 32.2. The minimum Gasteiger partial charge on any atom is -0.0888 e. The monoisotopic (exact) mass is 600 g/mol. The van der Waals surface area contributed by atoms with Gasteiger partial charge in [0.2, 0.25) is 0 Å². The second-order valence-corrected chi connectivity index (χ2v) is 13.5. The van der Waals surface area contributed by atoms with E-state index in [9.17, 15) is 0 Å². The van der Waals surface area contributed by atoms with Gasteiger partial charge in [-0.2, -0.15) is 0 Å². The molecule has 0 saturated heterocycles. The van der Waals surface area contributed by atoms with Crippen molar-refractivity contribution < 1.29 is 0 Å². The first-order valence-corrected chi connectivity index (χ1v) is 16.7. The third-order valence-corrected chi connectivity index (χ3v) is 11.3. The first kappa shape index (κ1) is 25.9. The van der Waals surface area contributed by atoms with E-state index in [2.05, 4.69) is 170 Å². The van der Waals surface area contributed by atoms with E-state index in [0.29, 0.717) is 0 Å². The minimum absolute atomic E-state index is 0.427. The molecule has 0 nitrogen and oxygen atoms in total. The number of hydrogen-bond acceptors (Lipinski definition) is 1. The van der Waals surface area contributed by atoms with Gasteiger partial charge in [-0.05, 0) is 96.1 Å². The van der Waals surface area contributed by atoms with Crippen LogP contribution in [0.5, 0.6) is 0 Å². The largest absolute Gasteiger partial charge is 0.0888 e. The maximum atomic E-state index is 2.44. The molecule has 0 radical (unpaired) electrons.